The van der Waals surface area contributed by atoms with Crippen LogP contribution >= 0.6 is 0 Å². The lowest BCUT2D eigenvalue weighted by Gasteiger charge is -2.28. The smallest absolute Gasteiger partial charge is 0.258 e. The molecule has 6 amide bonds. The van der Waals surface area contributed by atoms with Gasteiger partial charge in [0.2, 0.25) is 0 Å². The Morgan fingerprint density at radius 2 is 0.741 bits per heavy atom. The number of para-hydroxylation sites is 1. The van der Waals surface area contributed by atoms with Gasteiger partial charge in [0.15, 0.2) is 0 Å². The van der Waals surface area contributed by atoms with Crippen LogP contribution in [0.2, 0.25) is 0 Å². The highest BCUT2D eigenvalue weighted by Crippen LogP contribution is 2.42. The lowest BCUT2D eigenvalue weighted by molar-refractivity contribution is -0.122. The Balaban J connectivity index is 1.97. The molecule has 0 aromatic heterocycles. The normalized spacial score (nSPS) is 18.9. The molecule has 9 heteroatoms. The molecule has 0 atom stereocenters. The summed E-state index contributed by atoms with van der Waals surface area (Å²) < 4.78 is 0. The van der Waals surface area contributed by atoms with Crippen LogP contribution in [0.25, 0.3) is 0 Å². The van der Waals surface area contributed by atoms with Crippen molar-refractivity contribution in [3.63, 3.8) is 0 Å². The Labute approximate surface area is 151 Å². The van der Waals surface area contributed by atoms with E-state index in [1.165, 1.54) is 18.2 Å². The second-order valence-electron chi connectivity index (χ2n) is 5.68. The Morgan fingerprint density at radius 3 is 1.07 bits per heavy atom. The van der Waals surface area contributed by atoms with Crippen LogP contribution in [-0.2, 0) is 28.8 Å². The molecule has 3 heterocycles. The van der Waals surface area contributed by atoms with Crippen molar-refractivity contribution in [3.8, 4) is 0 Å². The molecule has 4 rings (SSSR count). The summed E-state index contributed by atoms with van der Waals surface area (Å²) in [5, 5.41) is 0. The molecular weight excluding hydrogens is 354 g/mol. The summed E-state index contributed by atoms with van der Waals surface area (Å²) in [4.78, 5) is 75.3. The summed E-state index contributed by atoms with van der Waals surface area (Å²) in [5.74, 6) is -4.17. The lowest BCUT2D eigenvalue weighted by atomic mass is 10.1. The van der Waals surface area contributed by atoms with E-state index in [1.807, 2.05) is 0 Å². The first kappa shape index (κ1) is 16.3. The van der Waals surface area contributed by atoms with E-state index in [2.05, 4.69) is 0 Å². The zero-order valence-corrected chi connectivity index (χ0v) is 13.5. The van der Waals surface area contributed by atoms with Crippen LogP contribution in [-0.4, -0.2) is 35.4 Å². The standard InChI is InChI=1S/C18H9N3O6/c22-12-4-5-13(23)19(12)10-2-1-3-11(20-14(24)6-7-15(20)25)18(10)21-16(26)8-9-17(21)27/h1-9H. The van der Waals surface area contributed by atoms with Gasteiger partial charge >= 0.3 is 0 Å². The molecule has 3 aliphatic heterocycles. The maximum absolute atomic E-state index is 12.3. The predicted octanol–water partition coefficient (Wildman–Crippen LogP) is -0.0252. The van der Waals surface area contributed by atoms with Gasteiger partial charge in [0.05, 0.1) is 11.4 Å². The maximum Gasteiger partial charge on any atom is 0.258 e. The van der Waals surface area contributed by atoms with E-state index in [1.54, 1.807) is 0 Å². The van der Waals surface area contributed by atoms with E-state index in [9.17, 15) is 28.8 Å². The lowest BCUT2D eigenvalue weighted by Crippen LogP contribution is -2.38. The van der Waals surface area contributed by atoms with Gasteiger partial charge in [-0.25, -0.2) is 14.7 Å². The first-order valence-electron chi connectivity index (χ1n) is 7.71. The van der Waals surface area contributed by atoms with Crippen LogP contribution in [0.1, 0.15) is 0 Å². The number of carbonyl (C=O) groups is 6. The van der Waals surface area contributed by atoms with E-state index in [-0.39, 0.29) is 17.1 Å². The van der Waals surface area contributed by atoms with E-state index in [4.69, 9.17) is 0 Å². The second-order valence-corrected chi connectivity index (χ2v) is 5.68. The van der Waals surface area contributed by atoms with Crippen molar-refractivity contribution in [2.75, 3.05) is 14.7 Å². The van der Waals surface area contributed by atoms with Crippen molar-refractivity contribution in [2.45, 2.75) is 0 Å². The van der Waals surface area contributed by atoms with Gasteiger partial charge in [0.25, 0.3) is 35.4 Å². The van der Waals surface area contributed by atoms with Crippen LogP contribution in [0.3, 0.4) is 0 Å². The van der Waals surface area contributed by atoms with Gasteiger partial charge in [-0.05, 0) is 12.1 Å². The van der Waals surface area contributed by atoms with Gasteiger partial charge in [0.1, 0.15) is 5.69 Å². The zero-order valence-electron chi connectivity index (χ0n) is 13.5. The van der Waals surface area contributed by atoms with Crippen molar-refractivity contribution in [3.05, 3.63) is 54.7 Å². The summed E-state index contributed by atoms with van der Waals surface area (Å²) in [6.07, 6.45) is 6.19. The van der Waals surface area contributed by atoms with Crippen LogP contribution in [0.5, 0.6) is 0 Å². The number of imide groups is 3. The van der Waals surface area contributed by atoms with Gasteiger partial charge in [-0.2, -0.15) is 0 Å². The number of hydrogen-bond acceptors (Lipinski definition) is 6. The monoisotopic (exact) mass is 363 g/mol. The van der Waals surface area contributed by atoms with Gasteiger partial charge in [-0.1, -0.05) is 6.07 Å². The molecule has 1 aromatic carbocycles. The number of carbonyl (C=O) groups excluding carboxylic acids is 6. The number of rotatable bonds is 3. The number of nitrogens with zero attached hydrogens (tertiary/aromatic N) is 3. The average Bonchev–Trinajstić information content (AvgIpc) is 3.26. The van der Waals surface area contributed by atoms with Crippen LogP contribution < -0.4 is 14.7 Å². The van der Waals surface area contributed by atoms with Crippen molar-refractivity contribution in [1.29, 1.82) is 0 Å². The summed E-state index contributed by atoms with van der Waals surface area (Å²) in [6, 6.07) is 4.10. The van der Waals surface area contributed by atoms with E-state index in [0.29, 0.717) is 4.90 Å². The molecule has 0 saturated heterocycles. The molecule has 0 bridgehead atoms. The largest absolute Gasteiger partial charge is 0.269 e. The quantitative estimate of drug-likeness (QED) is 0.698. The van der Waals surface area contributed by atoms with Crippen molar-refractivity contribution < 1.29 is 28.8 Å². The number of benzene rings is 1. The van der Waals surface area contributed by atoms with Gasteiger partial charge < -0.3 is 0 Å². The van der Waals surface area contributed by atoms with E-state index in [0.717, 1.165) is 46.3 Å². The molecule has 0 unspecified atom stereocenters. The van der Waals surface area contributed by atoms with Crippen LogP contribution in [0, 0.1) is 0 Å². The molecule has 0 saturated carbocycles. The highest BCUT2D eigenvalue weighted by Gasteiger charge is 2.38. The topological polar surface area (TPSA) is 112 Å². The summed E-state index contributed by atoms with van der Waals surface area (Å²) in [6.45, 7) is 0. The van der Waals surface area contributed by atoms with E-state index >= 15 is 0 Å². The first-order chi connectivity index (χ1) is 12.9. The third kappa shape index (κ3) is 2.33. The minimum absolute atomic E-state index is 0.0922. The third-order valence-corrected chi connectivity index (χ3v) is 4.13. The molecule has 0 N–H and O–H groups in total. The van der Waals surface area contributed by atoms with Gasteiger partial charge in [-0.3, -0.25) is 28.8 Å². The molecule has 9 nitrogen and oxygen atoms in total. The minimum Gasteiger partial charge on any atom is -0.269 e. The second kappa shape index (κ2) is 5.70. The molecule has 0 fully saturated rings. The fourth-order valence-electron chi connectivity index (χ4n) is 3.01. The van der Waals surface area contributed by atoms with Gasteiger partial charge in [-0.15, -0.1) is 0 Å². The van der Waals surface area contributed by atoms with Gasteiger partial charge in [0, 0.05) is 36.5 Å². The molecular formula is C18H9N3O6. The molecule has 132 valence electrons. The summed E-state index contributed by atoms with van der Waals surface area (Å²) in [7, 11) is 0. The average molecular weight is 363 g/mol. The zero-order chi connectivity index (χ0) is 19.3. The SMILES string of the molecule is O=C1C=CC(=O)N1c1cccc(N2C(=O)C=CC2=O)c1N1C(=O)C=CC1=O. The van der Waals surface area contributed by atoms with Crippen molar-refractivity contribution >= 4 is 52.5 Å². The Bertz CT molecular complexity index is 951. The highest BCUT2D eigenvalue weighted by molar-refractivity contribution is 6.37. The first-order valence-corrected chi connectivity index (χ1v) is 7.71. The molecule has 0 aliphatic carbocycles. The summed E-state index contributed by atoms with van der Waals surface area (Å²) >= 11 is 0. The number of hydrogen-bond donors (Lipinski definition) is 0. The predicted molar refractivity (Wildman–Crippen MR) is 91.3 cm³/mol. The minimum atomic E-state index is -0.729. The van der Waals surface area contributed by atoms with Crippen LogP contribution in [0.4, 0.5) is 17.1 Å². The Kier molecular flexibility index (Phi) is 3.45. The number of amides is 6. The third-order valence-electron chi connectivity index (χ3n) is 4.13. The molecule has 0 radical (unpaired) electrons. The number of anilines is 3. The summed E-state index contributed by atoms with van der Waals surface area (Å²) in [5.41, 5.74) is -0.385. The molecule has 3 aliphatic rings. The fraction of sp³-hybridized carbons (Fsp3) is 0. The molecule has 1 aromatic rings. The fourth-order valence-corrected chi connectivity index (χ4v) is 3.01. The maximum atomic E-state index is 12.3. The molecule has 27 heavy (non-hydrogen) atoms. The van der Waals surface area contributed by atoms with Crippen molar-refractivity contribution in [2.24, 2.45) is 0 Å². The highest BCUT2D eigenvalue weighted by atomic mass is 16.2. The van der Waals surface area contributed by atoms with Crippen LogP contribution in [0.15, 0.2) is 54.7 Å². The van der Waals surface area contributed by atoms with E-state index < -0.39 is 35.4 Å². The Hall–Kier alpha value is -4.14. The Morgan fingerprint density at radius 1 is 0.444 bits per heavy atom. The molecule has 0 spiro atoms. The van der Waals surface area contributed by atoms with Crippen molar-refractivity contribution in [1.82, 2.24) is 0 Å².